The number of sulfonamides is 1. The van der Waals surface area contributed by atoms with Crippen LogP contribution in [0.25, 0.3) is 0 Å². The summed E-state index contributed by atoms with van der Waals surface area (Å²) in [6, 6.07) is 19.4. The minimum absolute atomic E-state index is 0.00879. The Bertz CT molecular complexity index is 1210. The highest BCUT2D eigenvalue weighted by atomic mass is 35.5. The van der Waals surface area contributed by atoms with E-state index < -0.39 is 22.0 Å². The van der Waals surface area contributed by atoms with E-state index in [0.29, 0.717) is 0 Å². The Morgan fingerprint density at radius 3 is 2.19 bits per heavy atom. The molecule has 0 aliphatic rings. The standard InChI is InChI=1S/C24H25ClN2O3S/c1-16-10-11-19(14-17(16)2)23(18-8-6-5-7-9-18)26-24(28)21-15-20(12-13-22(21)25)31(29,30)27(3)4/h5-15,23H,1-4H3,(H,26,28)/t23-/m1/s1. The molecule has 1 amide bonds. The molecule has 0 bridgehead atoms. The summed E-state index contributed by atoms with van der Waals surface area (Å²) in [5.74, 6) is -0.451. The van der Waals surface area contributed by atoms with Crippen molar-refractivity contribution in [2.24, 2.45) is 0 Å². The zero-order valence-electron chi connectivity index (χ0n) is 17.9. The molecule has 0 fully saturated rings. The molecule has 0 saturated carbocycles. The molecule has 0 aliphatic carbocycles. The fourth-order valence-electron chi connectivity index (χ4n) is 3.21. The van der Waals surface area contributed by atoms with E-state index in [4.69, 9.17) is 11.6 Å². The Morgan fingerprint density at radius 1 is 0.903 bits per heavy atom. The van der Waals surface area contributed by atoms with Crippen LogP contribution in [-0.4, -0.2) is 32.7 Å². The van der Waals surface area contributed by atoms with Gasteiger partial charge in [-0.05, 0) is 54.3 Å². The molecular formula is C24H25ClN2O3S. The normalized spacial score (nSPS) is 12.6. The molecule has 3 aromatic carbocycles. The lowest BCUT2D eigenvalue weighted by atomic mass is 9.95. The summed E-state index contributed by atoms with van der Waals surface area (Å²) in [5, 5.41) is 3.21. The maximum atomic E-state index is 13.2. The van der Waals surface area contributed by atoms with Crippen molar-refractivity contribution in [3.63, 3.8) is 0 Å². The largest absolute Gasteiger partial charge is 0.341 e. The quantitative estimate of drug-likeness (QED) is 0.583. The fraction of sp³-hybridized carbons (Fsp3) is 0.208. The number of aryl methyl sites for hydroxylation is 2. The summed E-state index contributed by atoms with van der Waals surface area (Å²) in [6.07, 6.45) is 0. The third kappa shape index (κ3) is 4.98. The van der Waals surface area contributed by atoms with E-state index in [9.17, 15) is 13.2 Å². The number of hydrogen-bond acceptors (Lipinski definition) is 3. The Balaban J connectivity index is 2.03. The van der Waals surface area contributed by atoms with Crippen LogP contribution in [-0.2, 0) is 10.0 Å². The Kier molecular flexibility index (Phi) is 6.84. The van der Waals surface area contributed by atoms with Crippen LogP contribution in [0.4, 0.5) is 0 Å². The van der Waals surface area contributed by atoms with Crippen molar-refractivity contribution in [1.29, 1.82) is 0 Å². The van der Waals surface area contributed by atoms with Crippen LogP contribution in [0.2, 0.25) is 5.02 Å². The lowest BCUT2D eigenvalue weighted by Gasteiger charge is -2.21. The number of nitrogens with zero attached hydrogens (tertiary/aromatic N) is 1. The van der Waals surface area contributed by atoms with Crippen LogP contribution in [0.3, 0.4) is 0 Å². The molecule has 1 N–H and O–H groups in total. The average molecular weight is 457 g/mol. The zero-order valence-corrected chi connectivity index (χ0v) is 19.5. The molecule has 0 aromatic heterocycles. The molecule has 3 rings (SSSR count). The summed E-state index contributed by atoms with van der Waals surface area (Å²) in [6.45, 7) is 4.06. The third-order valence-corrected chi connectivity index (χ3v) is 7.37. The van der Waals surface area contributed by atoms with Gasteiger partial charge < -0.3 is 5.32 Å². The van der Waals surface area contributed by atoms with E-state index in [-0.39, 0.29) is 15.5 Å². The van der Waals surface area contributed by atoms with Crippen LogP contribution in [0.5, 0.6) is 0 Å². The predicted molar refractivity (Wildman–Crippen MR) is 124 cm³/mol. The third-order valence-electron chi connectivity index (χ3n) is 5.23. The number of hydrogen-bond donors (Lipinski definition) is 1. The lowest BCUT2D eigenvalue weighted by Crippen LogP contribution is -2.30. The van der Waals surface area contributed by atoms with E-state index >= 15 is 0 Å². The first kappa shape index (κ1) is 23.0. The van der Waals surface area contributed by atoms with Gasteiger partial charge in [-0.15, -0.1) is 0 Å². The van der Waals surface area contributed by atoms with E-state index in [2.05, 4.69) is 5.32 Å². The first-order valence-corrected chi connectivity index (χ1v) is 11.6. The summed E-state index contributed by atoms with van der Waals surface area (Å²) < 4.78 is 26.1. The highest BCUT2D eigenvalue weighted by Crippen LogP contribution is 2.27. The molecule has 0 saturated heterocycles. The maximum Gasteiger partial charge on any atom is 0.253 e. The van der Waals surface area contributed by atoms with E-state index in [1.165, 1.54) is 32.3 Å². The zero-order chi connectivity index (χ0) is 22.8. The summed E-state index contributed by atoms with van der Waals surface area (Å²) in [5.41, 5.74) is 4.22. The van der Waals surface area contributed by atoms with Gasteiger partial charge >= 0.3 is 0 Å². The first-order valence-electron chi connectivity index (χ1n) is 9.76. The number of rotatable bonds is 6. The first-order chi connectivity index (χ1) is 14.6. The van der Waals surface area contributed by atoms with Crippen molar-refractivity contribution >= 4 is 27.5 Å². The number of halogens is 1. The van der Waals surface area contributed by atoms with Crippen molar-refractivity contribution in [3.8, 4) is 0 Å². The summed E-state index contributed by atoms with van der Waals surface area (Å²) >= 11 is 6.27. The molecule has 0 aliphatic heterocycles. The molecule has 0 radical (unpaired) electrons. The van der Waals surface area contributed by atoms with Gasteiger partial charge in [-0.3, -0.25) is 4.79 Å². The molecule has 5 nitrogen and oxygen atoms in total. The Morgan fingerprint density at radius 2 is 1.58 bits per heavy atom. The van der Waals surface area contributed by atoms with Gasteiger partial charge in [0.1, 0.15) is 0 Å². The molecule has 3 aromatic rings. The number of nitrogens with one attached hydrogen (secondary N) is 1. The van der Waals surface area contributed by atoms with Gasteiger partial charge in [-0.1, -0.05) is 60.1 Å². The van der Waals surface area contributed by atoms with Crippen LogP contribution in [0.15, 0.2) is 71.6 Å². The van der Waals surface area contributed by atoms with Gasteiger partial charge in [0.05, 0.1) is 21.5 Å². The molecular weight excluding hydrogens is 432 g/mol. The van der Waals surface area contributed by atoms with Gasteiger partial charge in [-0.25, -0.2) is 12.7 Å². The van der Waals surface area contributed by atoms with Crippen LogP contribution < -0.4 is 5.32 Å². The van der Waals surface area contributed by atoms with E-state index in [1.54, 1.807) is 0 Å². The summed E-state index contributed by atoms with van der Waals surface area (Å²) in [7, 11) is -0.820. The summed E-state index contributed by atoms with van der Waals surface area (Å²) in [4.78, 5) is 13.2. The molecule has 0 spiro atoms. The fourth-order valence-corrected chi connectivity index (χ4v) is 4.34. The highest BCUT2D eigenvalue weighted by molar-refractivity contribution is 7.89. The highest BCUT2D eigenvalue weighted by Gasteiger charge is 2.23. The molecule has 7 heteroatoms. The van der Waals surface area contributed by atoms with E-state index in [1.807, 2.05) is 62.4 Å². The molecule has 1 atom stereocenters. The Hall–Kier alpha value is -2.67. The van der Waals surface area contributed by atoms with Crippen molar-refractivity contribution in [2.75, 3.05) is 14.1 Å². The molecule has 31 heavy (non-hydrogen) atoms. The number of benzene rings is 3. The SMILES string of the molecule is Cc1ccc([C@H](NC(=O)c2cc(S(=O)(=O)N(C)C)ccc2Cl)c2ccccc2)cc1C. The van der Waals surface area contributed by atoms with Crippen molar-refractivity contribution in [2.45, 2.75) is 24.8 Å². The molecule has 162 valence electrons. The second kappa shape index (κ2) is 9.22. The second-order valence-electron chi connectivity index (χ2n) is 7.59. The lowest BCUT2D eigenvalue weighted by molar-refractivity contribution is 0.0943. The smallest absolute Gasteiger partial charge is 0.253 e. The predicted octanol–water partition coefficient (Wildman–Crippen LogP) is 4.73. The van der Waals surface area contributed by atoms with Gasteiger partial charge in [-0.2, -0.15) is 0 Å². The van der Waals surface area contributed by atoms with Gasteiger partial charge in [0, 0.05) is 14.1 Å². The number of carbonyl (C=O) groups is 1. The van der Waals surface area contributed by atoms with Crippen LogP contribution >= 0.6 is 11.6 Å². The van der Waals surface area contributed by atoms with Crippen LogP contribution in [0, 0.1) is 13.8 Å². The van der Waals surface area contributed by atoms with Gasteiger partial charge in [0.25, 0.3) is 5.91 Å². The average Bonchev–Trinajstić information content (AvgIpc) is 2.74. The van der Waals surface area contributed by atoms with Crippen molar-refractivity contribution in [3.05, 3.63) is 99.6 Å². The Labute approximate surface area is 188 Å². The topological polar surface area (TPSA) is 66.5 Å². The second-order valence-corrected chi connectivity index (χ2v) is 10.1. The molecule has 0 heterocycles. The minimum Gasteiger partial charge on any atom is -0.341 e. The molecule has 0 unspecified atom stereocenters. The van der Waals surface area contributed by atoms with Crippen molar-refractivity contribution in [1.82, 2.24) is 9.62 Å². The monoisotopic (exact) mass is 456 g/mol. The van der Waals surface area contributed by atoms with Gasteiger partial charge in [0.15, 0.2) is 0 Å². The maximum absolute atomic E-state index is 13.2. The number of carbonyl (C=O) groups excluding carboxylic acids is 1. The van der Waals surface area contributed by atoms with Crippen molar-refractivity contribution < 1.29 is 13.2 Å². The number of amides is 1. The van der Waals surface area contributed by atoms with Crippen LogP contribution in [0.1, 0.15) is 38.7 Å². The van der Waals surface area contributed by atoms with Gasteiger partial charge in [0.2, 0.25) is 10.0 Å². The van der Waals surface area contributed by atoms with E-state index in [0.717, 1.165) is 26.6 Å². The minimum atomic E-state index is -3.70.